The summed E-state index contributed by atoms with van der Waals surface area (Å²) in [5.41, 5.74) is -1.36. The number of phenols is 1. The Morgan fingerprint density at radius 3 is 2.52 bits per heavy atom. The van der Waals surface area contributed by atoms with Crippen molar-refractivity contribution in [3.63, 3.8) is 0 Å². The van der Waals surface area contributed by atoms with Crippen LogP contribution in [0.15, 0.2) is 18.2 Å². The SMILES string of the molecule is Cc1nn(C)c(C(=O)Nc2cc([N+](=O)[O-])ccc2O)c1[N+](=O)[O-]. The fraction of sp³-hybridized carbons (Fsp3) is 0.167. The second kappa shape index (κ2) is 5.71. The first kappa shape index (κ1) is 15.9. The van der Waals surface area contributed by atoms with Crippen LogP contribution in [0, 0.1) is 27.2 Å². The summed E-state index contributed by atoms with van der Waals surface area (Å²) in [7, 11) is 1.35. The molecule has 1 amide bonds. The molecular formula is C12H11N5O6. The third kappa shape index (κ3) is 2.92. The number of nitrogens with one attached hydrogen (secondary N) is 1. The van der Waals surface area contributed by atoms with Gasteiger partial charge in [-0.05, 0) is 13.0 Å². The van der Waals surface area contributed by atoms with Crippen LogP contribution in [0.3, 0.4) is 0 Å². The number of hydrogen-bond donors (Lipinski definition) is 2. The first-order valence-electron chi connectivity index (χ1n) is 6.19. The van der Waals surface area contributed by atoms with Gasteiger partial charge in [0.15, 0.2) is 0 Å². The molecule has 11 heteroatoms. The van der Waals surface area contributed by atoms with Gasteiger partial charge in [-0.2, -0.15) is 5.10 Å². The maximum absolute atomic E-state index is 12.2. The van der Waals surface area contributed by atoms with Gasteiger partial charge in [0.1, 0.15) is 11.4 Å². The fourth-order valence-electron chi connectivity index (χ4n) is 2.04. The molecule has 120 valence electrons. The highest BCUT2D eigenvalue weighted by Gasteiger charge is 2.29. The molecule has 1 heterocycles. The minimum absolute atomic E-state index is 0.0471. The zero-order valence-corrected chi connectivity index (χ0v) is 12.0. The Bertz CT molecular complexity index is 828. The van der Waals surface area contributed by atoms with Crippen molar-refractivity contribution in [2.24, 2.45) is 7.05 Å². The molecule has 0 radical (unpaired) electrons. The number of nitro benzene ring substituents is 1. The largest absolute Gasteiger partial charge is 0.506 e. The quantitative estimate of drug-likeness (QED) is 0.491. The molecule has 11 nitrogen and oxygen atoms in total. The van der Waals surface area contributed by atoms with E-state index in [-0.39, 0.29) is 22.8 Å². The zero-order chi connectivity index (χ0) is 17.3. The first-order valence-corrected chi connectivity index (χ1v) is 6.19. The van der Waals surface area contributed by atoms with Gasteiger partial charge in [0.25, 0.3) is 11.6 Å². The van der Waals surface area contributed by atoms with Crippen molar-refractivity contribution in [2.75, 3.05) is 5.32 Å². The summed E-state index contributed by atoms with van der Waals surface area (Å²) in [5, 5.41) is 37.5. The number of hydrogen-bond acceptors (Lipinski definition) is 7. The number of rotatable bonds is 4. The van der Waals surface area contributed by atoms with Crippen LogP contribution in [0.1, 0.15) is 16.2 Å². The van der Waals surface area contributed by atoms with E-state index in [9.17, 15) is 30.1 Å². The molecule has 0 aliphatic rings. The topological polar surface area (TPSA) is 153 Å². The number of nitrogens with zero attached hydrogens (tertiary/aromatic N) is 4. The molecule has 23 heavy (non-hydrogen) atoms. The van der Waals surface area contributed by atoms with E-state index in [1.54, 1.807) is 0 Å². The van der Waals surface area contributed by atoms with Crippen LogP contribution in [-0.2, 0) is 7.05 Å². The van der Waals surface area contributed by atoms with E-state index < -0.39 is 27.2 Å². The fourth-order valence-corrected chi connectivity index (χ4v) is 2.04. The average molecular weight is 321 g/mol. The Morgan fingerprint density at radius 2 is 1.96 bits per heavy atom. The number of nitro groups is 2. The van der Waals surface area contributed by atoms with Crippen molar-refractivity contribution in [1.82, 2.24) is 9.78 Å². The number of carbonyl (C=O) groups is 1. The van der Waals surface area contributed by atoms with Gasteiger partial charge >= 0.3 is 5.69 Å². The van der Waals surface area contributed by atoms with E-state index in [1.165, 1.54) is 14.0 Å². The number of phenolic OH excluding ortho intramolecular Hbond substituents is 1. The lowest BCUT2D eigenvalue weighted by molar-refractivity contribution is -0.385. The van der Waals surface area contributed by atoms with Crippen LogP contribution >= 0.6 is 0 Å². The second-order valence-corrected chi connectivity index (χ2v) is 4.58. The molecule has 0 unspecified atom stereocenters. The van der Waals surface area contributed by atoms with Gasteiger partial charge in [0.2, 0.25) is 5.69 Å². The number of anilines is 1. The molecule has 1 aromatic heterocycles. The molecule has 1 aromatic carbocycles. The van der Waals surface area contributed by atoms with Gasteiger partial charge in [-0.15, -0.1) is 0 Å². The van der Waals surface area contributed by atoms with Crippen LogP contribution in [0.2, 0.25) is 0 Å². The number of aromatic nitrogens is 2. The Hall–Kier alpha value is -3.50. The minimum Gasteiger partial charge on any atom is -0.506 e. The smallest absolute Gasteiger partial charge is 0.322 e. The van der Waals surface area contributed by atoms with Gasteiger partial charge in [-0.3, -0.25) is 29.7 Å². The molecular weight excluding hydrogens is 310 g/mol. The molecule has 0 bridgehead atoms. The maximum atomic E-state index is 12.2. The molecule has 0 fully saturated rings. The first-order chi connectivity index (χ1) is 10.7. The summed E-state index contributed by atoms with van der Waals surface area (Å²) in [5.74, 6) is -1.33. The van der Waals surface area contributed by atoms with Crippen LogP contribution in [0.25, 0.3) is 0 Å². The van der Waals surface area contributed by atoms with E-state index in [0.29, 0.717) is 0 Å². The van der Waals surface area contributed by atoms with Crippen molar-refractivity contribution in [3.8, 4) is 5.75 Å². The Balaban J connectivity index is 2.43. The van der Waals surface area contributed by atoms with Crippen molar-refractivity contribution in [3.05, 3.63) is 49.8 Å². The van der Waals surface area contributed by atoms with E-state index in [0.717, 1.165) is 22.9 Å². The average Bonchev–Trinajstić information content (AvgIpc) is 2.75. The molecule has 0 spiro atoms. The molecule has 0 saturated carbocycles. The summed E-state index contributed by atoms with van der Waals surface area (Å²) in [6, 6.07) is 3.04. The number of carbonyl (C=O) groups excluding carboxylic acids is 1. The van der Waals surface area contributed by atoms with Gasteiger partial charge in [0, 0.05) is 19.2 Å². The van der Waals surface area contributed by atoms with Crippen molar-refractivity contribution >= 4 is 23.0 Å². The summed E-state index contributed by atoms with van der Waals surface area (Å²) >= 11 is 0. The summed E-state index contributed by atoms with van der Waals surface area (Å²) < 4.78 is 1.03. The van der Waals surface area contributed by atoms with Gasteiger partial charge in [-0.25, -0.2) is 0 Å². The highest BCUT2D eigenvalue weighted by atomic mass is 16.6. The summed E-state index contributed by atoms with van der Waals surface area (Å²) in [4.78, 5) is 32.6. The zero-order valence-electron chi connectivity index (χ0n) is 12.0. The highest BCUT2D eigenvalue weighted by Crippen LogP contribution is 2.29. The Labute approximate surface area is 128 Å². The number of non-ortho nitro benzene ring substituents is 1. The second-order valence-electron chi connectivity index (χ2n) is 4.58. The minimum atomic E-state index is -0.921. The third-order valence-electron chi connectivity index (χ3n) is 3.03. The lowest BCUT2D eigenvalue weighted by Crippen LogP contribution is -2.17. The number of aryl methyl sites for hydroxylation is 2. The number of benzene rings is 1. The monoisotopic (exact) mass is 321 g/mol. The van der Waals surface area contributed by atoms with E-state index >= 15 is 0 Å². The van der Waals surface area contributed by atoms with Crippen molar-refractivity contribution in [2.45, 2.75) is 6.92 Å². The summed E-state index contributed by atoms with van der Waals surface area (Å²) in [6.07, 6.45) is 0. The number of amides is 1. The lowest BCUT2D eigenvalue weighted by atomic mass is 10.2. The Kier molecular flexibility index (Phi) is 3.94. The third-order valence-corrected chi connectivity index (χ3v) is 3.03. The van der Waals surface area contributed by atoms with E-state index in [1.807, 2.05) is 0 Å². The summed E-state index contributed by atoms with van der Waals surface area (Å²) in [6.45, 7) is 1.37. The molecule has 0 saturated heterocycles. The van der Waals surface area contributed by atoms with Crippen LogP contribution in [0.5, 0.6) is 5.75 Å². The molecule has 2 aromatic rings. The molecule has 2 N–H and O–H groups in total. The van der Waals surface area contributed by atoms with E-state index in [2.05, 4.69) is 10.4 Å². The highest BCUT2D eigenvalue weighted by molar-refractivity contribution is 6.06. The number of aromatic hydroxyl groups is 1. The molecule has 0 aliphatic heterocycles. The van der Waals surface area contributed by atoms with E-state index in [4.69, 9.17) is 0 Å². The molecule has 0 atom stereocenters. The predicted molar refractivity (Wildman–Crippen MR) is 77.3 cm³/mol. The molecule has 2 rings (SSSR count). The van der Waals surface area contributed by atoms with Gasteiger partial charge in [0.05, 0.1) is 15.5 Å². The van der Waals surface area contributed by atoms with Gasteiger partial charge in [-0.1, -0.05) is 0 Å². The van der Waals surface area contributed by atoms with Crippen molar-refractivity contribution in [1.29, 1.82) is 0 Å². The van der Waals surface area contributed by atoms with Gasteiger partial charge < -0.3 is 10.4 Å². The molecule has 0 aliphatic carbocycles. The predicted octanol–water partition coefficient (Wildman–Crippen LogP) is 1.50. The lowest BCUT2D eigenvalue weighted by Gasteiger charge is -2.07. The Morgan fingerprint density at radius 1 is 1.30 bits per heavy atom. The van der Waals surface area contributed by atoms with Crippen molar-refractivity contribution < 1.29 is 19.7 Å². The van der Waals surface area contributed by atoms with Crippen LogP contribution in [0.4, 0.5) is 17.1 Å². The standard InChI is InChI=1S/C12H11N5O6/c1-6-10(17(22)23)11(15(2)14-6)12(19)13-8-5-7(16(20)21)3-4-9(8)18/h3-5,18H,1-2H3,(H,13,19). The van der Waals surface area contributed by atoms with Crippen LogP contribution < -0.4 is 5.32 Å². The normalized spacial score (nSPS) is 10.3. The maximum Gasteiger partial charge on any atom is 0.322 e. The van der Waals surface area contributed by atoms with Crippen LogP contribution in [-0.4, -0.2) is 30.6 Å².